The molecule has 21 heavy (non-hydrogen) atoms. The molecule has 0 heterocycles. The number of hydrogen-bond acceptors (Lipinski definition) is 1. The van der Waals surface area contributed by atoms with Crippen molar-refractivity contribution in [3.63, 3.8) is 0 Å². The molecule has 0 rings (SSSR count). The van der Waals surface area contributed by atoms with E-state index in [-0.39, 0.29) is 12.4 Å². The summed E-state index contributed by atoms with van der Waals surface area (Å²) in [6.45, 7) is 5.13. The maximum absolute atomic E-state index is 8.82. The lowest BCUT2D eigenvalue weighted by atomic mass is 10.1. The molecular weight excluding hydrogens is 282 g/mol. The van der Waals surface area contributed by atoms with Crippen molar-refractivity contribution in [2.75, 3.05) is 33.8 Å². The van der Waals surface area contributed by atoms with Crippen molar-refractivity contribution in [2.45, 2.75) is 84.0 Å². The van der Waals surface area contributed by atoms with Gasteiger partial charge in [0.05, 0.1) is 27.2 Å². The van der Waals surface area contributed by atoms with Gasteiger partial charge in [-0.25, -0.2) is 0 Å². The van der Waals surface area contributed by atoms with Crippen molar-refractivity contribution >= 4 is 0 Å². The molecule has 0 aliphatic heterocycles. The summed E-state index contributed by atoms with van der Waals surface area (Å²) in [6, 6.07) is 0. The van der Waals surface area contributed by atoms with E-state index in [2.05, 4.69) is 21.0 Å². The zero-order chi connectivity index (χ0) is 15.1. The summed E-state index contributed by atoms with van der Waals surface area (Å²) in [5.41, 5.74) is 0. The number of unbranched alkanes of at least 4 members (excludes halogenated alkanes) is 10. The molecule has 0 aromatic carbocycles. The molecule has 0 fully saturated rings. The number of halogens is 1. The van der Waals surface area contributed by atoms with Gasteiger partial charge in [-0.15, -0.1) is 0 Å². The highest BCUT2D eigenvalue weighted by Crippen LogP contribution is 2.12. The minimum Gasteiger partial charge on any atom is -1.00 e. The SMILES string of the molecule is CCCCCCCCCCCC[N+](C)(C)CCCCO.[Cl-]. The van der Waals surface area contributed by atoms with Gasteiger partial charge in [0.2, 0.25) is 0 Å². The Labute approximate surface area is 140 Å². The standard InChI is InChI=1S/C18H40NO.ClH/c1-4-5-6-7-8-9-10-11-12-13-16-19(2,3)17-14-15-18-20;/h20H,4-18H2,1-3H3;1H/q+1;/p-1. The monoisotopic (exact) mass is 321 g/mol. The number of hydrogen-bond donors (Lipinski definition) is 1. The van der Waals surface area contributed by atoms with Gasteiger partial charge < -0.3 is 22.0 Å². The summed E-state index contributed by atoms with van der Waals surface area (Å²) < 4.78 is 1.12. The molecule has 0 unspecified atom stereocenters. The van der Waals surface area contributed by atoms with Crippen LogP contribution in [-0.2, 0) is 0 Å². The first-order valence-corrected chi connectivity index (χ1v) is 9.05. The van der Waals surface area contributed by atoms with Gasteiger partial charge >= 0.3 is 0 Å². The van der Waals surface area contributed by atoms with Crippen LogP contribution in [0.3, 0.4) is 0 Å². The first-order chi connectivity index (χ1) is 9.62. The van der Waals surface area contributed by atoms with Gasteiger partial charge in [0, 0.05) is 6.61 Å². The first-order valence-electron chi connectivity index (χ1n) is 9.05. The summed E-state index contributed by atoms with van der Waals surface area (Å²) in [7, 11) is 4.65. The highest BCUT2D eigenvalue weighted by molar-refractivity contribution is 4.48. The summed E-state index contributed by atoms with van der Waals surface area (Å²) >= 11 is 0. The van der Waals surface area contributed by atoms with Crippen molar-refractivity contribution in [2.24, 2.45) is 0 Å². The number of rotatable bonds is 15. The molecule has 2 nitrogen and oxygen atoms in total. The van der Waals surface area contributed by atoms with Crippen LogP contribution in [0.25, 0.3) is 0 Å². The Balaban J connectivity index is 0. The molecule has 0 aliphatic rings. The third-order valence-corrected chi connectivity index (χ3v) is 4.29. The highest BCUT2D eigenvalue weighted by atomic mass is 35.5. The molecule has 0 radical (unpaired) electrons. The van der Waals surface area contributed by atoms with Crippen LogP contribution in [0.5, 0.6) is 0 Å². The van der Waals surface area contributed by atoms with E-state index in [1.807, 2.05) is 0 Å². The molecule has 0 saturated carbocycles. The van der Waals surface area contributed by atoms with Gasteiger partial charge in [-0.1, -0.05) is 58.3 Å². The van der Waals surface area contributed by atoms with Crippen LogP contribution in [0.2, 0.25) is 0 Å². The molecule has 0 atom stereocenters. The summed E-state index contributed by atoms with van der Waals surface area (Å²) in [5, 5.41) is 8.82. The molecule has 130 valence electrons. The van der Waals surface area contributed by atoms with Gasteiger partial charge in [-0.05, 0) is 25.7 Å². The Morgan fingerprint density at radius 1 is 0.619 bits per heavy atom. The highest BCUT2D eigenvalue weighted by Gasteiger charge is 2.13. The molecule has 0 bridgehead atoms. The second kappa shape index (κ2) is 16.6. The summed E-state index contributed by atoms with van der Waals surface area (Å²) in [4.78, 5) is 0. The van der Waals surface area contributed by atoms with E-state index in [0.717, 1.165) is 17.3 Å². The average Bonchev–Trinajstić information content (AvgIpc) is 2.41. The number of aliphatic hydroxyl groups excluding tert-OH is 1. The van der Waals surface area contributed by atoms with Gasteiger partial charge in [0.15, 0.2) is 0 Å². The van der Waals surface area contributed by atoms with Crippen LogP contribution in [-0.4, -0.2) is 43.4 Å². The van der Waals surface area contributed by atoms with Crippen molar-refractivity contribution in [3.05, 3.63) is 0 Å². The minimum absolute atomic E-state index is 0. The van der Waals surface area contributed by atoms with E-state index in [9.17, 15) is 0 Å². The van der Waals surface area contributed by atoms with E-state index in [1.54, 1.807) is 0 Å². The lowest BCUT2D eigenvalue weighted by Gasteiger charge is -2.29. The van der Waals surface area contributed by atoms with Crippen LogP contribution >= 0.6 is 0 Å². The zero-order valence-corrected chi connectivity index (χ0v) is 15.6. The Hall–Kier alpha value is 0.210. The molecule has 0 amide bonds. The Bertz CT molecular complexity index is 198. The van der Waals surface area contributed by atoms with Gasteiger partial charge in [-0.3, -0.25) is 0 Å². The van der Waals surface area contributed by atoms with Gasteiger partial charge in [0.1, 0.15) is 0 Å². The molecule has 0 aromatic rings. The predicted molar refractivity (Wildman–Crippen MR) is 90.0 cm³/mol. The van der Waals surface area contributed by atoms with Gasteiger partial charge in [0.25, 0.3) is 0 Å². The molecule has 0 spiro atoms. The fourth-order valence-electron chi connectivity index (χ4n) is 2.79. The fourth-order valence-corrected chi connectivity index (χ4v) is 2.79. The van der Waals surface area contributed by atoms with Crippen molar-refractivity contribution in [1.82, 2.24) is 0 Å². The molecule has 3 heteroatoms. The van der Waals surface area contributed by atoms with E-state index in [4.69, 9.17) is 5.11 Å². The van der Waals surface area contributed by atoms with E-state index in [1.165, 1.54) is 77.3 Å². The topological polar surface area (TPSA) is 20.2 Å². The second-order valence-corrected chi connectivity index (χ2v) is 7.00. The first kappa shape index (κ1) is 23.5. The quantitative estimate of drug-likeness (QED) is 0.360. The second-order valence-electron chi connectivity index (χ2n) is 7.00. The van der Waals surface area contributed by atoms with Crippen LogP contribution < -0.4 is 12.4 Å². The van der Waals surface area contributed by atoms with E-state index >= 15 is 0 Å². The maximum Gasteiger partial charge on any atom is 0.0783 e. The zero-order valence-electron chi connectivity index (χ0n) is 14.9. The smallest absolute Gasteiger partial charge is 0.0783 e. The van der Waals surface area contributed by atoms with Crippen molar-refractivity contribution in [3.8, 4) is 0 Å². The van der Waals surface area contributed by atoms with Crippen molar-refractivity contribution < 1.29 is 22.0 Å². The summed E-state index contributed by atoms with van der Waals surface area (Å²) in [6.07, 6.45) is 16.3. The molecule has 0 aromatic heterocycles. The molecule has 0 saturated heterocycles. The Morgan fingerprint density at radius 3 is 1.43 bits per heavy atom. The summed E-state index contributed by atoms with van der Waals surface area (Å²) in [5.74, 6) is 0. The lowest BCUT2D eigenvalue weighted by Crippen LogP contribution is -3.00. The minimum atomic E-state index is 0. The van der Waals surface area contributed by atoms with Crippen molar-refractivity contribution in [1.29, 1.82) is 0 Å². The third kappa shape index (κ3) is 18.2. The fraction of sp³-hybridized carbons (Fsp3) is 1.00. The Morgan fingerprint density at radius 2 is 1.00 bits per heavy atom. The van der Waals surface area contributed by atoms with Crippen LogP contribution in [0.1, 0.15) is 84.0 Å². The molecule has 0 aliphatic carbocycles. The van der Waals surface area contributed by atoms with Crippen LogP contribution in [0.15, 0.2) is 0 Å². The van der Waals surface area contributed by atoms with E-state index < -0.39 is 0 Å². The number of aliphatic hydroxyl groups is 1. The third-order valence-electron chi connectivity index (χ3n) is 4.29. The lowest BCUT2D eigenvalue weighted by molar-refractivity contribution is -0.890. The normalized spacial score (nSPS) is 11.4. The molecular formula is C18H40ClNO. The van der Waals surface area contributed by atoms with Gasteiger partial charge in [-0.2, -0.15) is 0 Å². The van der Waals surface area contributed by atoms with Crippen LogP contribution in [0, 0.1) is 0 Å². The number of quaternary nitrogens is 1. The Kier molecular flexibility index (Phi) is 18.5. The molecule has 1 N–H and O–H groups in total. The van der Waals surface area contributed by atoms with E-state index in [0.29, 0.717) is 6.61 Å². The maximum atomic E-state index is 8.82. The van der Waals surface area contributed by atoms with Crippen LogP contribution in [0.4, 0.5) is 0 Å². The number of nitrogens with zero attached hydrogens (tertiary/aromatic N) is 1. The predicted octanol–water partition coefficient (Wildman–Crippen LogP) is 1.76. The average molecular weight is 322 g/mol. The largest absolute Gasteiger partial charge is 1.00 e.